The molecular weight excluding hydrogens is 292 g/mol. The molecule has 3 aromatic rings. The number of aryl methyl sites for hydroxylation is 1. The molecule has 0 saturated carbocycles. The summed E-state index contributed by atoms with van der Waals surface area (Å²) in [4.78, 5) is 15.8. The number of nitrogens with zero attached hydrogens (tertiary/aromatic N) is 5. The first-order valence-electron chi connectivity index (χ1n) is 7.44. The normalized spacial score (nSPS) is 10.6. The van der Waals surface area contributed by atoms with E-state index in [4.69, 9.17) is 0 Å². The molecule has 3 rings (SSSR count). The van der Waals surface area contributed by atoms with E-state index in [-0.39, 0.29) is 5.91 Å². The van der Waals surface area contributed by atoms with Gasteiger partial charge in [-0.15, -0.1) is 0 Å². The van der Waals surface area contributed by atoms with E-state index in [1.54, 1.807) is 17.2 Å². The molecule has 1 N–H and O–H groups in total. The molecule has 0 fully saturated rings. The first kappa shape index (κ1) is 15.0. The summed E-state index contributed by atoms with van der Waals surface area (Å²) in [6.45, 7) is 1.73. The second-order valence-corrected chi connectivity index (χ2v) is 5.16. The van der Waals surface area contributed by atoms with E-state index in [0.717, 1.165) is 11.1 Å². The van der Waals surface area contributed by atoms with Crippen molar-refractivity contribution in [3.63, 3.8) is 0 Å². The lowest BCUT2D eigenvalue weighted by atomic mass is 10.1. The van der Waals surface area contributed by atoms with Crippen LogP contribution in [0.3, 0.4) is 0 Å². The van der Waals surface area contributed by atoms with Crippen molar-refractivity contribution in [2.75, 3.05) is 0 Å². The standard InChI is InChI=1S/C16H18N6O/c23-16(6-9-22-13-17-12-20-22)18-10-14-4-1-2-5-15(14)11-21-8-3-7-19-21/h1-5,7-8,12-13H,6,9-11H2,(H,18,23). The number of carbonyl (C=O) groups is 1. The molecule has 0 saturated heterocycles. The Balaban J connectivity index is 1.54. The zero-order chi connectivity index (χ0) is 15.9. The fourth-order valence-electron chi connectivity index (χ4n) is 2.30. The van der Waals surface area contributed by atoms with Gasteiger partial charge in [-0.3, -0.25) is 14.2 Å². The van der Waals surface area contributed by atoms with Crippen LogP contribution in [0.5, 0.6) is 0 Å². The average Bonchev–Trinajstić information content (AvgIpc) is 3.25. The fourth-order valence-corrected chi connectivity index (χ4v) is 2.30. The summed E-state index contributed by atoms with van der Waals surface area (Å²) in [5.74, 6) is -0.00519. The maximum atomic E-state index is 11.9. The third-order valence-corrected chi connectivity index (χ3v) is 3.52. The number of hydrogen-bond donors (Lipinski definition) is 1. The minimum atomic E-state index is -0.00519. The maximum absolute atomic E-state index is 11.9. The van der Waals surface area contributed by atoms with Crippen molar-refractivity contribution < 1.29 is 4.79 Å². The number of amides is 1. The van der Waals surface area contributed by atoms with Gasteiger partial charge in [0.1, 0.15) is 12.7 Å². The molecule has 0 atom stereocenters. The minimum absolute atomic E-state index is 0.00519. The second kappa shape index (κ2) is 7.35. The molecule has 0 aliphatic carbocycles. The summed E-state index contributed by atoms with van der Waals surface area (Å²) >= 11 is 0. The Morgan fingerprint density at radius 2 is 1.96 bits per heavy atom. The number of hydrogen-bond acceptors (Lipinski definition) is 4. The van der Waals surface area contributed by atoms with Crippen molar-refractivity contribution in [3.05, 3.63) is 66.5 Å². The van der Waals surface area contributed by atoms with Gasteiger partial charge in [-0.25, -0.2) is 4.98 Å². The van der Waals surface area contributed by atoms with Crippen molar-refractivity contribution in [3.8, 4) is 0 Å². The molecule has 2 aromatic heterocycles. The first-order chi connectivity index (χ1) is 11.3. The van der Waals surface area contributed by atoms with Gasteiger partial charge in [0.15, 0.2) is 0 Å². The highest BCUT2D eigenvalue weighted by molar-refractivity contribution is 5.75. The molecule has 23 heavy (non-hydrogen) atoms. The van der Waals surface area contributed by atoms with Gasteiger partial charge in [0.25, 0.3) is 0 Å². The van der Waals surface area contributed by atoms with E-state index in [1.807, 2.05) is 35.1 Å². The highest BCUT2D eigenvalue weighted by Crippen LogP contribution is 2.10. The number of benzene rings is 1. The average molecular weight is 310 g/mol. The highest BCUT2D eigenvalue weighted by Gasteiger charge is 2.06. The fraction of sp³-hybridized carbons (Fsp3) is 0.250. The van der Waals surface area contributed by atoms with E-state index in [9.17, 15) is 4.79 Å². The second-order valence-electron chi connectivity index (χ2n) is 5.16. The molecule has 1 aromatic carbocycles. The monoisotopic (exact) mass is 310 g/mol. The highest BCUT2D eigenvalue weighted by atomic mass is 16.1. The Labute approximate surface area is 134 Å². The van der Waals surface area contributed by atoms with Crippen LogP contribution in [0.15, 0.2) is 55.4 Å². The maximum Gasteiger partial charge on any atom is 0.222 e. The van der Waals surface area contributed by atoms with E-state index < -0.39 is 0 Å². The number of nitrogens with one attached hydrogen (secondary N) is 1. The molecule has 0 spiro atoms. The van der Waals surface area contributed by atoms with Crippen LogP contribution in [-0.4, -0.2) is 30.5 Å². The van der Waals surface area contributed by atoms with Gasteiger partial charge in [-0.2, -0.15) is 10.2 Å². The Hall–Kier alpha value is -2.96. The lowest BCUT2D eigenvalue weighted by Gasteiger charge is -2.11. The zero-order valence-corrected chi connectivity index (χ0v) is 12.7. The van der Waals surface area contributed by atoms with Crippen LogP contribution in [0.25, 0.3) is 0 Å². The third-order valence-electron chi connectivity index (χ3n) is 3.52. The molecule has 7 nitrogen and oxygen atoms in total. The molecule has 1 amide bonds. The molecule has 2 heterocycles. The van der Waals surface area contributed by atoms with Crippen LogP contribution >= 0.6 is 0 Å². The Kier molecular flexibility index (Phi) is 4.78. The topological polar surface area (TPSA) is 77.6 Å². The van der Waals surface area contributed by atoms with Crippen molar-refractivity contribution in [1.29, 1.82) is 0 Å². The van der Waals surface area contributed by atoms with E-state index in [2.05, 4.69) is 26.6 Å². The van der Waals surface area contributed by atoms with Gasteiger partial charge in [-0.1, -0.05) is 24.3 Å². The van der Waals surface area contributed by atoms with Crippen LogP contribution in [0.2, 0.25) is 0 Å². The van der Waals surface area contributed by atoms with Gasteiger partial charge in [0.05, 0.1) is 13.1 Å². The third kappa shape index (κ3) is 4.26. The molecule has 7 heteroatoms. The predicted octanol–water partition coefficient (Wildman–Crippen LogP) is 1.23. The molecule has 0 bridgehead atoms. The number of carbonyl (C=O) groups excluding carboxylic acids is 1. The van der Waals surface area contributed by atoms with Gasteiger partial charge in [-0.05, 0) is 17.2 Å². The molecular formula is C16H18N6O. The predicted molar refractivity (Wildman–Crippen MR) is 84.3 cm³/mol. The van der Waals surface area contributed by atoms with Crippen molar-refractivity contribution in [1.82, 2.24) is 29.9 Å². The quantitative estimate of drug-likeness (QED) is 0.712. The van der Waals surface area contributed by atoms with Crippen LogP contribution in [-0.2, 0) is 24.4 Å². The van der Waals surface area contributed by atoms with E-state index >= 15 is 0 Å². The molecule has 0 aliphatic rings. The summed E-state index contributed by atoms with van der Waals surface area (Å²) < 4.78 is 3.51. The van der Waals surface area contributed by atoms with Crippen molar-refractivity contribution in [2.45, 2.75) is 26.1 Å². The summed E-state index contributed by atoms with van der Waals surface area (Å²) in [7, 11) is 0. The minimum Gasteiger partial charge on any atom is -0.352 e. The van der Waals surface area contributed by atoms with Crippen molar-refractivity contribution in [2.24, 2.45) is 0 Å². The summed E-state index contributed by atoms with van der Waals surface area (Å²) in [6, 6.07) is 9.95. The summed E-state index contributed by atoms with van der Waals surface area (Å²) in [5, 5.41) is 11.1. The van der Waals surface area contributed by atoms with E-state index in [1.165, 1.54) is 6.33 Å². The SMILES string of the molecule is O=C(CCn1cncn1)NCc1ccccc1Cn1cccn1. The first-order valence-corrected chi connectivity index (χ1v) is 7.44. The Morgan fingerprint density at radius 1 is 1.09 bits per heavy atom. The molecule has 0 radical (unpaired) electrons. The Morgan fingerprint density at radius 3 is 2.70 bits per heavy atom. The largest absolute Gasteiger partial charge is 0.352 e. The zero-order valence-electron chi connectivity index (χ0n) is 12.7. The smallest absolute Gasteiger partial charge is 0.222 e. The summed E-state index contributed by atoms with van der Waals surface area (Å²) in [5.41, 5.74) is 2.24. The van der Waals surface area contributed by atoms with E-state index in [0.29, 0.717) is 26.1 Å². The van der Waals surface area contributed by atoms with Gasteiger partial charge < -0.3 is 5.32 Å². The van der Waals surface area contributed by atoms with Gasteiger partial charge >= 0.3 is 0 Å². The molecule has 0 unspecified atom stereocenters. The van der Waals surface area contributed by atoms with Gasteiger partial charge in [0.2, 0.25) is 5.91 Å². The number of aromatic nitrogens is 5. The molecule has 118 valence electrons. The Bertz CT molecular complexity index is 736. The van der Waals surface area contributed by atoms with Crippen LogP contribution in [0.1, 0.15) is 17.5 Å². The lowest BCUT2D eigenvalue weighted by Crippen LogP contribution is -2.24. The van der Waals surface area contributed by atoms with Crippen molar-refractivity contribution >= 4 is 5.91 Å². The lowest BCUT2D eigenvalue weighted by molar-refractivity contribution is -0.121. The van der Waals surface area contributed by atoms with Crippen LogP contribution < -0.4 is 5.32 Å². The summed E-state index contributed by atoms with van der Waals surface area (Å²) in [6.07, 6.45) is 7.13. The number of rotatable bonds is 7. The van der Waals surface area contributed by atoms with Gasteiger partial charge in [0, 0.05) is 25.4 Å². The van der Waals surface area contributed by atoms with Crippen LogP contribution in [0, 0.1) is 0 Å². The molecule has 0 aliphatic heterocycles. The van der Waals surface area contributed by atoms with Crippen LogP contribution in [0.4, 0.5) is 0 Å².